The fraction of sp³-hybridized carbons (Fsp3) is 1.00. The number of nitrogens with one attached hydrogen (secondary N) is 1. The Morgan fingerprint density at radius 3 is 2.18 bits per heavy atom. The van der Waals surface area contributed by atoms with Crippen molar-refractivity contribution in [2.24, 2.45) is 0 Å². The van der Waals surface area contributed by atoms with Crippen molar-refractivity contribution in [1.29, 1.82) is 0 Å². The minimum absolute atomic E-state index is 0.987. The van der Waals surface area contributed by atoms with Crippen molar-refractivity contribution in [3.05, 3.63) is 0 Å². The third-order valence-electron chi connectivity index (χ3n) is 1.87. The first kappa shape index (κ1) is 11.1. The van der Waals surface area contributed by atoms with Crippen molar-refractivity contribution in [3.8, 4) is 0 Å². The molecule has 0 aromatic rings. The average Bonchev–Trinajstić information content (AvgIpc) is 2.05. The van der Waals surface area contributed by atoms with E-state index in [0.29, 0.717) is 0 Å². The first-order valence-corrected chi connectivity index (χ1v) is 6.52. The third kappa shape index (κ3) is 4.52. The lowest BCUT2D eigenvalue weighted by atomic mass is 10.7. The average molecular weight is 177 g/mol. The zero-order valence-electron chi connectivity index (χ0n) is 7.94. The predicted octanol–water partition coefficient (Wildman–Crippen LogP) is 0.961. The molecule has 0 atom stereocenters. The maximum Gasteiger partial charge on any atom is 0.335 e. The van der Waals surface area contributed by atoms with E-state index in [1.165, 1.54) is 0 Å². The van der Waals surface area contributed by atoms with Crippen LogP contribution in [-0.4, -0.2) is 35.9 Å². The van der Waals surface area contributed by atoms with Crippen molar-refractivity contribution in [2.45, 2.75) is 19.5 Å². The zero-order chi connectivity index (χ0) is 8.74. The Balaban J connectivity index is 3.51. The normalized spacial score (nSPS) is 12.0. The molecule has 0 aliphatic carbocycles. The van der Waals surface area contributed by atoms with E-state index in [1.807, 2.05) is 0 Å². The van der Waals surface area contributed by atoms with E-state index in [2.05, 4.69) is 18.8 Å². The number of rotatable bonds is 6. The number of hydrogen-bond donors (Lipinski definition) is 1. The van der Waals surface area contributed by atoms with Crippen LogP contribution >= 0.6 is 0 Å². The largest absolute Gasteiger partial charge is 0.398 e. The van der Waals surface area contributed by atoms with Crippen LogP contribution in [0.4, 0.5) is 0 Å². The summed E-state index contributed by atoms with van der Waals surface area (Å²) >= 11 is 0. The van der Waals surface area contributed by atoms with Gasteiger partial charge in [-0.1, -0.05) is 6.92 Å². The van der Waals surface area contributed by atoms with E-state index >= 15 is 0 Å². The molecular formula is C7H19NO2Si. The van der Waals surface area contributed by atoms with Crippen molar-refractivity contribution >= 4 is 8.56 Å². The Morgan fingerprint density at radius 1 is 1.27 bits per heavy atom. The Hall–Kier alpha value is 0.0969. The lowest BCUT2D eigenvalue weighted by molar-refractivity contribution is 0.249. The minimum atomic E-state index is -1.80. The predicted molar refractivity (Wildman–Crippen MR) is 49.0 cm³/mol. The van der Waals surface area contributed by atoms with Crippen LogP contribution in [0.25, 0.3) is 0 Å². The zero-order valence-corrected chi connectivity index (χ0v) is 8.94. The highest BCUT2D eigenvalue weighted by atomic mass is 28.4. The van der Waals surface area contributed by atoms with Crippen LogP contribution in [0.2, 0.25) is 12.6 Å². The van der Waals surface area contributed by atoms with Crippen LogP contribution < -0.4 is 5.32 Å². The van der Waals surface area contributed by atoms with Crippen molar-refractivity contribution < 1.29 is 8.85 Å². The first-order valence-electron chi connectivity index (χ1n) is 3.99. The molecular weight excluding hydrogens is 158 g/mol. The smallest absolute Gasteiger partial charge is 0.335 e. The molecule has 0 rings (SSSR count). The van der Waals surface area contributed by atoms with Crippen LogP contribution in [0.15, 0.2) is 0 Å². The van der Waals surface area contributed by atoms with Gasteiger partial charge < -0.3 is 14.2 Å². The summed E-state index contributed by atoms with van der Waals surface area (Å²) in [5, 5.41) is 3.25. The first-order chi connectivity index (χ1) is 5.18. The summed E-state index contributed by atoms with van der Waals surface area (Å²) in [7, 11) is 1.65. The lowest BCUT2D eigenvalue weighted by Crippen LogP contribution is -2.39. The maximum atomic E-state index is 5.31. The van der Waals surface area contributed by atoms with E-state index in [1.54, 1.807) is 14.2 Å². The molecule has 0 saturated heterocycles. The topological polar surface area (TPSA) is 30.5 Å². The Bertz CT molecular complexity index is 96.4. The maximum absolute atomic E-state index is 5.31. The molecule has 0 bridgehead atoms. The van der Waals surface area contributed by atoms with Crippen molar-refractivity contribution in [2.75, 3.05) is 27.3 Å². The van der Waals surface area contributed by atoms with Gasteiger partial charge in [-0.3, -0.25) is 0 Å². The molecule has 1 N–H and O–H groups in total. The third-order valence-corrected chi connectivity index (χ3v) is 4.75. The molecule has 0 amide bonds. The summed E-state index contributed by atoms with van der Waals surface area (Å²) in [6, 6.07) is 1.01. The molecule has 0 spiro atoms. The summed E-state index contributed by atoms with van der Waals surface area (Å²) < 4.78 is 10.6. The highest BCUT2D eigenvalue weighted by molar-refractivity contribution is 6.66. The molecule has 11 heavy (non-hydrogen) atoms. The molecule has 0 aromatic heterocycles. The number of hydrogen-bond acceptors (Lipinski definition) is 3. The van der Waals surface area contributed by atoms with Crippen LogP contribution in [0, 0.1) is 0 Å². The van der Waals surface area contributed by atoms with Crippen molar-refractivity contribution in [3.63, 3.8) is 0 Å². The molecule has 68 valence electrons. The van der Waals surface area contributed by atoms with E-state index in [0.717, 1.165) is 19.1 Å². The van der Waals surface area contributed by atoms with Gasteiger partial charge in [0.15, 0.2) is 0 Å². The Labute approximate surface area is 70.3 Å². The highest BCUT2D eigenvalue weighted by Gasteiger charge is 2.27. The summed E-state index contributed by atoms with van der Waals surface area (Å²) in [6.07, 6.45) is 0. The van der Waals surface area contributed by atoms with E-state index in [-0.39, 0.29) is 0 Å². The second kappa shape index (κ2) is 5.71. The van der Waals surface area contributed by atoms with Crippen LogP contribution in [0.5, 0.6) is 0 Å². The summed E-state index contributed by atoms with van der Waals surface area (Å²) in [5.74, 6) is 0. The van der Waals surface area contributed by atoms with E-state index in [9.17, 15) is 0 Å². The second-order valence-electron chi connectivity index (χ2n) is 2.65. The molecule has 0 aliphatic rings. The van der Waals surface area contributed by atoms with Gasteiger partial charge in [-0.15, -0.1) is 0 Å². The van der Waals surface area contributed by atoms with Crippen LogP contribution in [0.3, 0.4) is 0 Å². The van der Waals surface area contributed by atoms with Gasteiger partial charge in [-0.2, -0.15) is 0 Å². The molecule has 4 heteroatoms. The molecule has 0 aliphatic heterocycles. The molecule has 3 nitrogen and oxygen atoms in total. The summed E-state index contributed by atoms with van der Waals surface area (Å²) in [6.45, 7) is 6.17. The van der Waals surface area contributed by atoms with Crippen LogP contribution in [-0.2, 0) is 8.85 Å². The minimum Gasteiger partial charge on any atom is -0.398 e. The Kier molecular flexibility index (Phi) is 5.76. The molecule has 0 aromatic carbocycles. The standard InChI is InChI=1S/C7H19NO2Si/c1-5-8-6-7-11(4,9-2)10-3/h8H,5-7H2,1-4H3. The summed E-state index contributed by atoms with van der Waals surface area (Å²) in [4.78, 5) is 0. The fourth-order valence-corrected chi connectivity index (χ4v) is 1.99. The quantitative estimate of drug-likeness (QED) is 0.484. The monoisotopic (exact) mass is 177 g/mol. The second-order valence-corrected chi connectivity index (χ2v) is 6.23. The SMILES string of the molecule is CCNCC[Si](C)(OC)OC. The highest BCUT2D eigenvalue weighted by Crippen LogP contribution is 2.09. The van der Waals surface area contributed by atoms with Gasteiger partial charge >= 0.3 is 8.56 Å². The molecule has 0 heterocycles. The van der Waals surface area contributed by atoms with Gasteiger partial charge in [-0.05, 0) is 19.6 Å². The summed E-state index contributed by atoms with van der Waals surface area (Å²) in [5.41, 5.74) is 0. The van der Waals surface area contributed by atoms with E-state index in [4.69, 9.17) is 8.85 Å². The molecule has 0 unspecified atom stereocenters. The van der Waals surface area contributed by atoms with Gasteiger partial charge in [-0.25, -0.2) is 0 Å². The van der Waals surface area contributed by atoms with Gasteiger partial charge in [0.2, 0.25) is 0 Å². The Morgan fingerprint density at radius 2 is 1.82 bits per heavy atom. The molecule has 0 saturated carbocycles. The lowest BCUT2D eigenvalue weighted by Gasteiger charge is -2.22. The van der Waals surface area contributed by atoms with Gasteiger partial charge in [0.25, 0.3) is 0 Å². The van der Waals surface area contributed by atoms with Crippen molar-refractivity contribution in [1.82, 2.24) is 5.32 Å². The van der Waals surface area contributed by atoms with Crippen LogP contribution in [0.1, 0.15) is 6.92 Å². The van der Waals surface area contributed by atoms with Gasteiger partial charge in [0.05, 0.1) is 0 Å². The molecule has 0 radical (unpaired) electrons. The fourth-order valence-electron chi connectivity index (χ4n) is 0.780. The van der Waals surface area contributed by atoms with Gasteiger partial charge in [0, 0.05) is 20.3 Å². The van der Waals surface area contributed by atoms with Gasteiger partial charge in [0.1, 0.15) is 0 Å². The molecule has 0 fully saturated rings. The van der Waals surface area contributed by atoms with E-state index < -0.39 is 8.56 Å².